The molecule has 0 aromatic heterocycles. The topological polar surface area (TPSA) is 72.5 Å². The Hall–Kier alpha value is -2.63. The quantitative estimate of drug-likeness (QED) is 0.639. The molecule has 2 aromatic carbocycles. The Balaban J connectivity index is 1.81. The molecule has 25 heavy (non-hydrogen) atoms. The highest BCUT2D eigenvalue weighted by molar-refractivity contribution is 6.42. The first-order valence-corrected chi connectivity index (χ1v) is 7.90. The third kappa shape index (κ3) is 6.06. The van der Waals surface area contributed by atoms with Crippen LogP contribution in [0.3, 0.4) is 0 Å². The van der Waals surface area contributed by atoms with Crippen LogP contribution < -0.4 is 5.32 Å². The van der Waals surface area contributed by atoms with Gasteiger partial charge in [0, 0.05) is 11.6 Å². The Bertz CT molecular complexity index is 819. The summed E-state index contributed by atoms with van der Waals surface area (Å²) in [5.41, 5.74) is 0.983. The van der Waals surface area contributed by atoms with Crippen LogP contribution in [-0.4, -0.2) is 24.4 Å². The molecule has 2 aromatic rings. The summed E-state index contributed by atoms with van der Waals surface area (Å²) in [6.45, 7) is -0.566. The zero-order chi connectivity index (χ0) is 18.2. The lowest BCUT2D eigenvalue weighted by Crippen LogP contribution is -2.33. The van der Waals surface area contributed by atoms with Gasteiger partial charge in [-0.1, -0.05) is 47.5 Å². The molecule has 0 spiro atoms. The van der Waals surface area contributed by atoms with Gasteiger partial charge in [0.05, 0.1) is 10.0 Å². The predicted octanol–water partition coefficient (Wildman–Crippen LogP) is 3.51. The molecule has 0 heterocycles. The number of carbonyl (C=O) groups excluding carboxylic acids is 3. The molecule has 128 valence electrons. The van der Waals surface area contributed by atoms with Crippen LogP contribution in [0.15, 0.2) is 54.6 Å². The van der Waals surface area contributed by atoms with E-state index in [0.717, 1.165) is 6.08 Å². The van der Waals surface area contributed by atoms with Crippen LogP contribution >= 0.6 is 23.2 Å². The fraction of sp³-hybridized carbons (Fsp3) is 0.0556. The van der Waals surface area contributed by atoms with Crippen molar-refractivity contribution in [3.05, 3.63) is 75.8 Å². The molecule has 0 aliphatic carbocycles. The van der Waals surface area contributed by atoms with Crippen molar-refractivity contribution < 1.29 is 19.1 Å². The third-order valence-corrected chi connectivity index (χ3v) is 3.73. The van der Waals surface area contributed by atoms with E-state index in [2.05, 4.69) is 5.32 Å². The van der Waals surface area contributed by atoms with E-state index >= 15 is 0 Å². The fourth-order valence-corrected chi connectivity index (χ4v) is 2.10. The lowest BCUT2D eigenvalue weighted by Gasteiger charge is -2.04. The van der Waals surface area contributed by atoms with E-state index < -0.39 is 24.4 Å². The minimum absolute atomic E-state index is 0.335. The molecule has 0 saturated carbocycles. The van der Waals surface area contributed by atoms with Crippen molar-refractivity contribution in [3.63, 3.8) is 0 Å². The molecule has 2 rings (SSSR count). The van der Waals surface area contributed by atoms with Crippen molar-refractivity contribution >= 4 is 47.1 Å². The Morgan fingerprint density at radius 1 is 1.00 bits per heavy atom. The summed E-state index contributed by atoms with van der Waals surface area (Å²) in [5.74, 6) is -2.01. The van der Waals surface area contributed by atoms with E-state index in [-0.39, 0.29) is 0 Å². The normalized spacial score (nSPS) is 10.5. The molecule has 0 atom stereocenters. The van der Waals surface area contributed by atoms with Gasteiger partial charge in [-0.05, 0) is 35.9 Å². The van der Waals surface area contributed by atoms with Crippen LogP contribution in [0.1, 0.15) is 15.9 Å². The highest BCUT2D eigenvalue weighted by Crippen LogP contribution is 2.23. The molecule has 0 fully saturated rings. The first kappa shape index (κ1) is 18.7. The van der Waals surface area contributed by atoms with E-state index in [4.69, 9.17) is 27.9 Å². The standard InChI is InChI=1S/C18H13Cl2NO4/c19-14-8-6-12(10-15(14)20)7-9-17(23)25-11-16(22)21-18(24)13-4-2-1-3-5-13/h1-10H,11H2,(H,21,22,24)/b9-7+. The summed E-state index contributed by atoms with van der Waals surface area (Å²) < 4.78 is 4.77. The van der Waals surface area contributed by atoms with Crippen molar-refractivity contribution in [2.75, 3.05) is 6.61 Å². The number of hydrogen-bond acceptors (Lipinski definition) is 4. The molecule has 0 bridgehead atoms. The number of hydrogen-bond donors (Lipinski definition) is 1. The fourth-order valence-electron chi connectivity index (χ4n) is 1.79. The first-order valence-electron chi connectivity index (χ1n) is 7.15. The summed E-state index contributed by atoms with van der Waals surface area (Å²) >= 11 is 11.7. The maximum Gasteiger partial charge on any atom is 0.331 e. The number of nitrogens with one attached hydrogen (secondary N) is 1. The molecular weight excluding hydrogens is 365 g/mol. The molecule has 0 radical (unpaired) electrons. The van der Waals surface area contributed by atoms with Gasteiger partial charge in [-0.3, -0.25) is 14.9 Å². The lowest BCUT2D eigenvalue weighted by molar-refractivity contribution is -0.143. The number of ether oxygens (including phenoxy) is 1. The molecular formula is C18H13Cl2NO4. The van der Waals surface area contributed by atoms with Crippen LogP contribution in [-0.2, 0) is 14.3 Å². The molecule has 0 aliphatic rings. The third-order valence-electron chi connectivity index (χ3n) is 2.99. The SMILES string of the molecule is O=C(COC(=O)/C=C/c1ccc(Cl)c(Cl)c1)NC(=O)c1ccccc1. The van der Waals surface area contributed by atoms with Gasteiger partial charge < -0.3 is 4.74 Å². The Morgan fingerprint density at radius 2 is 1.72 bits per heavy atom. The molecule has 0 aliphatic heterocycles. The Kier molecular flexibility index (Phi) is 6.74. The summed E-state index contributed by atoms with van der Waals surface area (Å²) in [6.07, 6.45) is 2.61. The molecule has 2 amide bonds. The van der Waals surface area contributed by atoms with E-state index in [1.165, 1.54) is 6.08 Å². The van der Waals surface area contributed by atoms with Gasteiger partial charge in [0.1, 0.15) is 0 Å². The molecule has 5 nitrogen and oxygen atoms in total. The average molecular weight is 378 g/mol. The summed E-state index contributed by atoms with van der Waals surface area (Å²) in [7, 11) is 0. The Morgan fingerprint density at radius 3 is 2.40 bits per heavy atom. The molecule has 7 heteroatoms. The zero-order valence-electron chi connectivity index (χ0n) is 12.9. The van der Waals surface area contributed by atoms with Gasteiger partial charge in [-0.25, -0.2) is 4.79 Å². The largest absolute Gasteiger partial charge is 0.452 e. The van der Waals surface area contributed by atoms with Crippen molar-refractivity contribution in [3.8, 4) is 0 Å². The first-order chi connectivity index (χ1) is 12.0. The number of halogens is 2. The lowest BCUT2D eigenvalue weighted by atomic mass is 10.2. The second kappa shape index (κ2) is 9.01. The van der Waals surface area contributed by atoms with E-state index in [0.29, 0.717) is 21.2 Å². The van der Waals surface area contributed by atoms with Crippen molar-refractivity contribution in [2.45, 2.75) is 0 Å². The van der Waals surface area contributed by atoms with Crippen LogP contribution in [0.25, 0.3) is 6.08 Å². The number of esters is 1. The summed E-state index contributed by atoms with van der Waals surface area (Å²) in [4.78, 5) is 35.0. The average Bonchev–Trinajstić information content (AvgIpc) is 2.61. The van der Waals surface area contributed by atoms with Gasteiger partial charge in [-0.2, -0.15) is 0 Å². The molecule has 0 unspecified atom stereocenters. The van der Waals surface area contributed by atoms with Crippen molar-refractivity contribution in [1.82, 2.24) is 5.32 Å². The summed E-state index contributed by atoms with van der Waals surface area (Å²) in [5, 5.41) is 2.89. The minimum atomic E-state index is -0.728. The van der Waals surface area contributed by atoms with Crippen LogP contribution in [0, 0.1) is 0 Å². The van der Waals surface area contributed by atoms with Gasteiger partial charge in [-0.15, -0.1) is 0 Å². The maximum absolute atomic E-state index is 11.8. The number of amides is 2. The van der Waals surface area contributed by atoms with Gasteiger partial charge in [0.2, 0.25) is 0 Å². The highest BCUT2D eigenvalue weighted by atomic mass is 35.5. The second-order valence-electron chi connectivity index (χ2n) is 4.86. The number of imide groups is 1. The van der Waals surface area contributed by atoms with Gasteiger partial charge in [0.25, 0.3) is 11.8 Å². The summed E-state index contributed by atoms with van der Waals surface area (Å²) in [6, 6.07) is 13.1. The van der Waals surface area contributed by atoms with E-state index in [9.17, 15) is 14.4 Å². The van der Waals surface area contributed by atoms with Crippen molar-refractivity contribution in [2.24, 2.45) is 0 Å². The highest BCUT2D eigenvalue weighted by Gasteiger charge is 2.11. The maximum atomic E-state index is 11.8. The zero-order valence-corrected chi connectivity index (χ0v) is 14.4. The van der Waals surface area contributed by atoms with Gasteiger partial charge in [0.15, 0.2) is 6.61 Å². The smallest absolute Gasteiger partial charge is 0.331 e. The van der Waals surface area contributed by atoms with Gasteiger partial charge >= 0.3 is 5.97 Å². The Labute approximate surface area is 154 Å². The predicted molar refractivity (Wildman–Crippen MR) is 95.4 cm³/mol. The van der Waals surface area contributed by atoms with Crippen LogP contribution in [0.5, 0.6) is 0 Å². The van der Waals surface area contributed by atoms with E-state index in [1.807, 2.05) is 0 Å². The monoisotopic (exact) mass is 377 g/mol. The number of rotatable bonds is 5. The number of carbonyl (C=O) groups is 3. The number of benzene rings is 2. The minimum Gasteiger partial charge on any atom is -0.452 e. The molecule has 1 N–H and O–H groups in total. The van der Waals surface area contributed by atoms with Crippen LogP contribution in [0.2, 0.25) is 10.0 Å². The molecule has 0 saturated heterocycles. The van der Waals surface area contributed by atoms with E-state index in [1.54, 1.807) is 48.5 Å². The van der Waals surface area contributed by atoms with Crippen LogP contribution in [0.4, 0.5) is 0 Å². The van der Waals surface area contributed by atoms with Crippen molar-refractivity contribution in [1.29, 1.82) is 0 Å². The second-order valence-corrected chi connectivity index (χ2v) is 5.67.